The molecule has 1 unspecified atom stereocenters. The number of rotatable bonds is 7. The first-order valence-electron chi connectivity index (χ1n) is 4.38. The van der Waals surface area contributed by atoms with Crippen molar-refractivity contribution in [3.8, 4) is 0 Å². The van der Waals surface area contributed by atoms with E-state index in [4.69, 9.17) is 0 Å². The molecule has 20 heavy (non-hydrogen) atoms. The van der Waals surface area contributed by atoms with Crippen LogP contribution in [0, 0.1) is 0 Å². The van der Waals surface area contributed by atoms with Gasteiger partial charge in [-0.15, -0.1) is 7.77 Å². The molecule has 0 saturated carbocycles. The van der Waals surface area contributed by atoms with E-state index in [1.165, 1.54) is 0 Å². The van der Waals surface area contributed by atoms with Crippen LogP contribution < -0.4 is 0 Å². The molecular weight excluding hydrogens is 349 g/mol. The fraction of sp³-hybridized carbons (Fsp3) is 1.00. The summed E-state index contributed by atoms with van der Waals surface area (Å²) < 4.78 is 132. The maximum atomic E-state index is 13.9. The van der Waals surface area contributed by atoms with Crippen LogP contribution in [-0.2, 0) is 25.2 Å². The Morgan fingerprint density at radius 2 is 1.25 bits per heavy atom. The van der Waals surface area contributed by atoms with E-state index in [-0.39, 0.29) is 0 Å². The van der Waals surface area contributed by atoms with Crippen molar-refractivity contribution in [3.05, 3.63) is 0 Å². The Labute approximate surface area is 109 Å². The van der Waals surface area contributed by atoms with Crippen LogP contribution in [0.2, 0.25) is 0 Å². The number of hydrogen-bond acceptors (Lipinski definition) is 5. The van der Waals surface area contributed by atoms with Gasteiger partial charge >= 0.3 is 26.6 Å². The van der Waals surface area contributed by atoms with Gasteiger partial charge in [0.15, 0.2) is 18.6 Å². The lowest BCUT2D eigenvalue weighted by molar-refractivity contribution is -0.259. The maximum absolute atomic E-state index is 13.9. The Kier molecular flexibility index (Phi) is 5.82. The second kappa shape index (κ2) is 6.01. The monoisotopic (exact) mass is 356 g/mol. The summed E-state index contributed by atoms with van der Waals surface area (Å²) >= 11 is 0. The zero-order valence-corrected chi connectivity index (χ0v) is 10.8. The summed E-state index contributed by atoms with van der Waals surface area (Å²) in [6, 6.07) is 0. The standard InChI is InChI=1S/C6H7F7O5S2/c7-3-18-4(6(9,10)11)5(8,1-19(12,14)15)2-20(13,16)17/h4H,1-3H2. The van der Waals surface area contributed by atoms with Gasteiger partial charge in [-0.2, -0.15) is 30.0 Å². The van der Waals surface area contributed by atoms with Crippen molar-refractivity contribution in [1.82, 2.24) is 0 Å². The molecule has 0 radical (unpaired) electrons. The highest BCUT2D eigenvalue weighted by molar-refractivity contribution is 7.87. The summed E-state index contributed by atoms with van der Waals surface area (Å²) in [5, 5.41) is 0. The third-order valence-corrected chi connectivity index (χ3v) is 3.47. The molecular formula is C6H7F7O5S2. The molecule has 0 aliphatic heterocycles. The van der Waals surface area contributed by atoms with Gasteiger partial charge in [0.25, 0.3) is 0 Å². The smallest absolute Gasteiger partial charge is 0.334 e. The second-order valence-electron chi connectivity index (χ2n) is 3.60. The van der Waals surface area contributed by atoms with Crippen molar-refractivity contribution < 1.29 is 51.3 Å². The second-order valence-corrected chi connectivity index (χ2v) is 6.33. The average molecular weight is 356 g/mol. The molecule has 0 aromatic rings. The quantitative estimate of drug-likeness (QED) is 0.506. The molecule has 14 heteroatoms. The minimum absolute atomic E-state index is 2.30. The Morgan fingerprint density at radius 3 is 1.45 bits per heavy atom. The Balaban J connectivity index is 5.81. The summed E-state index contributed by atoms with van der Waals surface area (Å²) in [5.41, 5.74) is -4.59. The minimum atomic E-state index is -5.99. The fourth-order valence-corrected chi connectivity index (χ4v) is 3.15. The molecule has 0 spiro atoms. The van der Waals surface area contributed by atoms with Crippen molar-refractivity contribution in [2.45, 2.75) is 17.9 Å². The van der Waals surface area contributed by atoms with Crippen LogP contribution in [0.4, 0.5) is 29.7 Å². The predicted molar refractivity (Wildman–Crippen MR) is 50.5 cm³/mol. The molecule has 122 valence electrons. The lowest BCUT2D eigenvalue weighted by Gasteiger charge is -2.31. The van der Waals surface area contributed by atoms with Crippen LogP contribution in [0.3, 0.4) is 0 Å². The topological polar surface area (TPSA) is 77.5 Å². The zero-order valence-electron chi connectivity index (χ0n) is 9.20. The van der Waals surface area contributed by atoms with Crippen molar-refractivity contribution in [2.24, 2.45) is 0 Å². The van der Waals surface area contributed by atoms with Gasteiger partial charge in [0.1, 0.15) is 11.5 Å². The van der Waals surface area contributed by atoms with Crippen molar-refractivity contribution in [3.63, 3.8) is 0 Å². The predicted octanol–water partition coefficient (Wildman–Crippen LogP) is 1.17. The number of hydrogen-bond donors (Lipinski definition) is 0. The van der Waals surface area contributed by atoms with E-state index in [1.807, 2.05) is 0 Å². The molecule has 0 amide bonds. The van der Waals surface area contributed by atoms with Gasteiger partial charge in [-0.25, -0.2) is 8.78 Å². The van der Waals surface area contributed by atoms with Crippen LogP contribution in [0.1, 0.15) is 0 Å². The van der Waals surface area contributed by atoms with Crippen LogP contribution in [0.15, 0.2) is 0 Å². The third kappa shape index (κ3) is 6.69. The molecule has 0 aliphatic rings. The van der Waals surface area contributed by atoms with Crippen LogP contribution in [0.25, 0.3) is 0 Å². The molecule has 0 bridgehead atoms. The van der Waals surface area contributed by atoms with Gasteiger partial charge < -0.3 is 4.74 Å². The molecule has 0 aromatic heterocycles. The molecule has 0 heterocycles. The SMILES string of the molecule is O=S(=O)(F)CC(F)(CS(=O)(=O)F)C(OCF)C(F)(F)F. The molecule has 1 atom stereocenters. The van der Waals surface area contributed by atoms with Gasteiger partial charge in [-0.3, -0.25) is 0 Å². The summed E-state index contributed by atoms with van der Waals surface area (Å²) in [6.07, 6.45) is -9.80. The fourth-order valence-electron chi connectivity index (χ4n) is 1.37. The van der Waals surface area contributed by atoms with E-state index in [0.29, 0.717) is 0 Å². The Hall–Kier alpha value is -0.630. The van der Waals surface area contributed by atoms with Crippen LogP contribution >= 0.6 is 0 Å². The lowest BCUT2D eigenvalue weighted by Crippen LogP contribution is -2.56. The number of halogens is 7. The van der Waals surface area contributed by atoms with Gasteiger partial charge in [-0.1, -0.05) is 0 Å². The third-order valence-electron chi connectivity index (χ3n) is 1.82. The zero-order chi connectivity index (χ0) is 16.4. The summed E-state index contributed by atoms with van der Waals surface area (Å²) in [6.45, 7) is -2.30. The van der Waals surface area contributed by atoms with Gasteiger partial charge in [-0.05, 0) is 0 Å². The molecule has 0 saturated heterocycles. The van der Waals surface area contributed by atoms with E-state index in [1.54, 1.807) is 0 Å². The first-order valence-corrected chi connectivity index (χ1v) is 7.49. The van der Waals surface area contributed by atoms with Crippen LogP contribution in [-0.4, -0.2) is 53.2 Å². The maximum Gasteiger partial charge on any atom is 0.417 e. The first-order chi connectivity index (χ1) is 8.61. The molecule has 0 N–H and O–H groups in total. The summed E-state index contributed by atoms with van der Waals surface area (Å²) in [7, 11) is -12.0. The highest BCUT2D eigenvalue weighted by Crippen LogP contribution is 2.36. The molecule has 5 nitrogen and oxygen atoms in total. The normalized spacial score (nSPS) is 16.1. The average Bonchev–Trinajstić information content (AvgIpc) is 2.04. The van der Waals surface area contributed by atoms with E-state index in [2.05, 4.69) is 4.74 Å². The number of ether oxygens (including phenoxy) is 1. The molecule has 0 aromatic carbocycles. The van der Waals surface area contributed by atoms with E-state index < -0.39 is 56.8 Å². The highest BCUT2D eigenvalue weighted by atomic mass is 32.3. The molecule has 0 rings (SSSR count). The van der Waals surface area contributed by atoms with Gasteiger partial charge in [0.2, 0.25) is 0 Å². The number of alkyl halides is 5. The van der Waals surface area contributed by atoms with Crippen molar-refractivity contribution in [2.75, 3.05) is 18.4 Å². The summed E-state index contributed by atoms with van der Waals surface area (Å²) in [5.74, 6) is -5.35. The first kappa shape index (κ1) is 19.4. The minimum Gasteiger partial charge on any atom is -0.334 e. The molecule has 0 aliphatic carbocycles. The van der Waals surface area contributed by atoms with Gasteiger partial charge in [0, 0.05) is 0 Å². The Bertz CT molecular complexity index is 490. The van der Waals surface area contributed by atoms with Gasteiger partial charge in [0.05, 0.1) is 0 Å². The highest BCUT2D eigenvalue weighted by Gasteiger charge is 2.59. The van der Waals surface area contributed by atoms with Crippen molar-refractivity contribution in [1.29, 1.82) is 0 Å². The van der Waals surface area contributed by atoms with Crippen molar-refractivity contribution >= 4 is 20.4 Å². The lowest BCUT2D eigenvalue weighted by atomic mass is 10.0. The largest absolute Gasteiger partial charge is 0.417 e. The molecule has 0 fully saturated rings. The van der Waals surface area contributed by atoms with E-state index in [9.17, 15) is 46.6 Å². The van der Waals surface area contributed by atoms with E-state index >= 15 is 0 Å². The van der Waals surface area contributed by atoms with Crippen LogP contribution in [0.5, 0.6) is 0 Å². The Morgan fingerprint density at radius 1 is 0.900 bits per heavy atom. The summed E-state index contributed by atoms with van der Waals surface area (Å²) in [4.78, 5) is 0. The van der Waals surface area contributed by atoms with E-state index in [0.717, 1.165) is 0 Å².